The van der Waals surface area contributed by atoms with Crippen LogP contribution in [0.25, 0.3) is 0 Å². The summed E-state index contributed by atoms with van der Waals surface area (Å²) in [6.07, 6.45) is 0. The summed E-state index contributed by atoms with van der Waals surface area (Å²) in [6, 6.07) is 8.44. The second-order valence-corrected chi connectivity index (χ2v) is 5.70. The van der Waals surface area contributed by atoms with Crippen LogP contribution in [0, 0.1) is 0 Å². The van der Waals surface area contributed by atoms with E-state index in [9.17, 15) is 4.79 Å². The maximum Gasteiger partial charge on any atom is 0.243 e. The Hall–Kier alpha value is -2.31. The molecule has 0 saturated heterocycles. The molecule has 134 valence electrons. The zero-order chi connectivity index (χ0) is 18.4. The minimum Gasteiger partial charge on any atom is -0.493 e. The van der Waals surface area contributed by atoms with Crippen LogP contribution in [-0.2, 0) is 4.79 Å². The third-order valence-electron chi connectivity index (χ3n) is 3.34. The van der Waals surface area contributed by atoms with Crippen molar-refractivity contribution in [1.82, 2.24) is 0 Å². The third-order valence-corrected chi connectivity index (χ3v) is 4.16. The molecular weight excluding hydrogens is 367 g/mol. The molecular formula is C17H18Cl2N2O4. The van der Waals surface area contributed by atoms with Gasteiger partial charge in [-0.05, 0) is 12.1 Å². The Balaban J connectivity index is 2.08. The summed E-state index contributed by atoms with van der Waals surface area (Å²) in [6.45, 7) is 0.0106. The summed E-state index contributed by atoms with van der Waals surface area (Å²) in [5.74, 6) is 1.07. The number of rotatable bonds is 7. The molecule has 2 N–H and O–H groups in total. The summed E-state index contributed by atoms with van der Waals surface area (Å²) < 4.78 is 15.8. The molecule has 0 aromatic heterocycles. The zero-order valence-corrected chi connectivity index (χ0v) is 15.5. The van der Waals surface area contributed by atoms with E-state index in [0.717, 1.165) is 0 Å². The lowest BCUT2D eigenvalue weighted by molar-refractivity contribution is -0.114. The average Bonchev–Trinajstić information content (AvgIpc) is 2.62. The second-order valence-electron chi connectivity index (χ2n) is 4.92. The first-order valence-electron chi connectivity index (χ1n) is 7.28. The minimum atomic E-state index is -0.273. The first-order chi connectivity index (χ1) is 12.0. The standard InChI is InChI=1S/C17H18Cl2N2O4/c1-23-13-7-10(8-14(24-2)17(13)25-3)21-15(22)9-20-12-6-4-5-11(18)16(12)19/h4-8,20H,9H2,1-3H3,(H,21,22). The Morgan fingerprint density at radius 2 is 1.68 bits per heavy atom. The van der Waals surface area contributed by atoms with E-state index in [4.69, 9.17) is 37.4 Å². The SMILES string of the molecule is COc1cc(NC(=O)CNc2cccc(Cl)c2Cl)cc(OC)c1OC. The Labute approximate surface area is 156 Å². The van der Waals surface area contributed by atoms with Gasteiger partial charge in [0.15, 0.2) is 11.5 Å². The number of ether oxygens (including phenoxy) is 3. The van der Waals surface area contributed by atoms with Crippen LogP contribution < -0.4 is 24.8 Å². The highest BCUT2D eigenvalue weighted by atomic mass is 35.5. The topological polar surface area (TPSA) is 68.8 Å². The molecule has 0 atom stereocenters. The molecule has 0 unspecified atom stereocenters. The van der Waals surface area contributed by atoms with Crippen molar-refractivity contribution in [2.75, 3.05) is 38.5 Å². The molecule has 0 aliphatic rings. The summed E-state index contributed by atoms with van der Waals surface area (Å²) in [7, 11) is 4.52. The summed E-state index contributed by atoms with van der Waals surface area (Å²) >= 11 is 12.0. The van der Waals surface area contributed by atoms with Gasteiger partial charge in [0.2, 0.25) is 11.7 Å². The van der Waals surface area contributed by atoms with Crippen molar-refractivity contribution in [2.45, 2.75) is 0 Å². The van der Waals surface area contributed by atoms with Gasteiger partial charge in [0.25, 0.3) is 0 Å². The van der Waals surface area contributed by atoms with Crippen molar-refractivity contribution >= 4 is 40.5 Å². The molecule has 6 nitrogen and oxygen atoms in total. The lowest BCUT2D eigenvalue weighted by Gasteiger charge is -2.15. The highest BCUT2D eigenvalue weighted by Crippen LogP contribution is 2.39. The zero-order valence-electron chi connectivity index (χ0n) is 14.0. The van der Waals surface area contributed by atoms with Crippen molar-refractivity contribution < 1.29 is 19.0 Å². The van der Waals surface area contributed by atoms with E-state index in [0.29, 0.717) is 38.7 Å². The normalized spacial score (nSPS) is 10.1. The van der Waals surface area contributed by atoms with E-state index < -0.39 is 0 Å². The van der Waals surface area contributed by atoms with E-state index in [1.165, 1.54) is 21.3 Å². The van der Waals surface area contributed by atoms with Gasteiger partial charge in [-0.2, -0.15) is 0 Å². The fraction of sp³-hybridized carbons (Fsp3) is 0.235. The molecule has 0 radical (unpaired) electrons. The molecule has 2 aromatic rings. The van der Waals surface area contributed by atoms with Crippen LogP contribution in [0.2, 0.25) is 10.0 Å². The van der Waals surface area contributed by atoms with Gasteiger partial charge in [-0.15, -0.1) is 0 Å². The van der Waals surface area contributed by atoms with Gasteiger partial charge < -0.3 is 24.8 Å². The van der Waals surface area contributed by atoms with Crippen LogP contribution in [0.3, 0.4) is 0 Å². The molecule has 0 heterocycles. The monoisotopic (exact) mass is 384 g/mol. The van der Waals surface area contributed by atoms with Crippen LogP contribution in [-0.4, -0.2) is 33.8 Å². The molecule has 0 spiro atoms. The highest BCUT2D eigenvalue weighted by Gasteiger charge is 2.14. The summed E-state index contributed by atoms with van der Waals surface area (Å²) in [4.78, 5) is 12.2. The van der Waals surface area contributed by atoms with E-state index in [2.05, 4.69) is 10.6 Å². The smallest absolute Gasteiger partial charge is 0.243 e. The first kappa shape index (κ1) is 19.0. The van der Waals surface area contributed by atoms with Crippen LogP contribution in [0.5, 0.6) is 17.2 Å². The largest absolute Gasteiger partial charge is 0.493 e. The number of amides is 1. The molecule has 25 heavy (non-hydrogen) atoms. The third kappa shape index (κ3) is 4.61. The van der Waals surface area contributed by atoms with E-state index >= 15 is 0 Å². The Kier molecular flexibility index (Phi) is 6.61. The number of carbonyl (C=O) groups excluding carboxylic acids is 1. The number of benzene rings is 2. The lowest BCUT2D eigenvalue weighted by atomic mass is 10.2. The average molecular weight is 385 g/mol. The summed E-state index contributed by atoms with van der Waals surface area (Å²) in [5, 5.41) is 6.47. The Morgan fingerprint density at radius 1 is 1.04 bits per heavy atom. The number of hydrogen-bond donors (Lipinski definition) is 2. The first-order valence-corrected chi connectivity index (χ1v) is 8.03. The number of nitrogens with one attached hydrogen (secondary N) is 2. The predicted molar refractivity (Wildman–Crippen MR) is 99.7 cm³/mol. The summed E-state index contributed by atoms with van der Waals surface area (Å²) in [5.41, 5.74) is 1.09. The molecule has 8 heteroatoms. The van der Waals surface area contributed by atoms with Gasteiger partial charge >= 0.3 is 0 Å². The van der Waals surface area contributed by atoms with Gasteiger partial charge in [-0.3, -0.25) is 4.79 Å². The maximum absolute atomic E-state index is 12.2. The van der Waals surface area contributed by atoms with Crippen molar-refractivity contribution in [3.63, 3.8) is 0 Å². The van der Waals surface area contributed by atoms with Crippen LogP contribution in [0.15, 0.2) is 30.3 Å². The number of anilines is 2. The molecule has 1 amide bonds. The van der Waals surface area contributed by atoms with Crippen LogP contribution in [0.4, 0.5) is 11.4 Å². The van der Waals surface area contributed by atoms with Crippen LogP contribution >= 0.6 is 23.2 Å². The lowest BCUT2D eigenvalue weighted by Crippen LogP contribution is -2.22. The van der Waals surface area contributed by atoms with E-state index in [1.807, 2.05) is 0 Å². The fourth-order valence-corrected chi connectivity index (χ4v) is 2.54. The van der Waals surface area contributed by atoms with Crippen molar-refractivity contribution in [1.29, 1.82) is 0 Å². The Bertz CT molecular complexity index is 743. The quantitative estimate of drug-likeness (QED) is 0.752. The van der Waals surface area contributed by atoms with Crippen molar-refractivity contribution in [3.05, 3.63) is 40.4 Å². The molecule has 0 aliphatic carbocycles. The van der Waals surface area contributed by atoms with Gasteiger partial charge in [0, 0.05) is 17.8 Å². The van der Waals surface area contributed by atoms with Crippen LogP contribution in [0.1, 0.15) is 0 Å². The predicted octanol–water partition coefficient (Wildman–Crippen LogP) is 4.07. The molecule has 0 aliphatic heterocycles. The minimum absolute atomic E-state index is 0.0106. The van der Waals surface area contributed by atoms with Crippen molar-refractivity contribution in [2.24, 2.45) is 0 Å². The number of halogens is 2. The van der Waals surface area contributed by atoms with E-state index in [-0.39, 0.29) is 12.5 Å². The van der Waals surface area contributed by atoms with E-state index in [1.54, 1.807) is 30.3 Å². The van der Waals surface area contributed by atoms with Gasteiger partial charge in [0.05, 0.1) is 43.6 Å². The second kappa shape index (κ2) is 8.69. The molecule has 2 rings (SSSR count). The number of methoxy groups -OCH3 is 3. The van der Waals surface area contributed by atoms with Gasteiger partial charge in [-0.1, -0.05) is 29.3 Å². The van der Waals surface area contributed by atoms with Gasteiger partial charge in [0.1, 0.15) is 0 Å². The number of carbonyl (C=O) groups is 1. The maximum atomic E-state index is 12.2. The molecule has 0 bridgehead atoms. The van der Waals surface area contributed by atoms with Crippen molar-refractivity contribution in [3.8, 4) is 17.2 Å². The molecule has 0 fully saturated rings. The molecule has 2 aromatic carbocycles. The molecule has 0 saturated carbocycles. The highest BCUT2D eigenvalue weighted by molar-refractivity contribution is 6.43. The van der Waals surface area contributed by atoms with Gasteiger partial charge in [-0.25, -0.2) is 0 Å². The Morgan fingerprint density at radius 3 is 2.24 bits per heavy atom. The number of hydrogen-bond acceptors (Lipinski definition) is 5. The fourth-order valence-electron chi connectivity index (χ4n) is 2.17.